The van der Waals surface area contributed by atoms with Crippen LogP contribution in [0.5, 0.6) is 0 Å². The largest absolute Gasteiger partial charge is 0.465 e. The molecule has 0 aliphatic heterocycles. The highest BCUT2D eigenvalue weighted by Gasteiger charge is 2.18. The third-order valence-electron chi connectivity index (χ3n) is 3.01. The SMILES string of the molecule is COC(=O)c1sc(NC(=O)c2ccc(C)cc2C)nc1C. The van der Waals surface area contributed by atoms with Crippen molar-refractivity contribution in [3.05, 3.63) is 45.5 Å². The summed E-state index contributed by atoms with van der Waals surface area (Å²) in [5, 5.41) is 3.11. The Balaban J connectivity index is 2.22. The molecule has 0 bridgehead atoms. The van der Waals surface area contributed by atoms with Crippen molar-refractivity contribution in [1.29, 1.82) is 0 Å². The number of hydrogen-bond donors (Lipinski definition) is 1. The van der Waals surface area contributed by atoms with Gasteiger partial charge in [0.2, 0.25) is 0 Å². The summed E-state index contributed by atoms with van der Waals surface area (Å²) in [5.41, 5.74) is 3.13. The first-order valence-corrected chi connectivity index (χ1v) is 7.18. The predicted molar refractivity (Wildman–Crippen MR) is 82.1 cm³/mol. The van der Waals surface area contributed by atoms with Crippen molar-refractivity contribution >= 4 is 28.3 Å². The van der Waals surface area contributed by atoms with Crippen molar-refractivity contribution in [2.24, 2.45) is 0 Å². The summed E-state index contributed by atoms with van der Waals surface area (Å²) in [6, 6.07) is 5.61. The summed E-state index contributed by atoms with van der Waals surface area (Å²) in [6.45, 7) is 5.56. The Morgan fingerprint density at radius 3 is 2.57 bits per heavy atom. The van der Waals surface area contributed by atoms with Gasteiger partial charge in [-0.3, -0.25) is 10.1 Å². The maximum atomic E-state index is 12.2. The Morgan fingerprint density at radius 1 is 1.24 bits per heavy atom. The van der Waals surface area contributed by atoms with Crippen molar-refractivity contribution in [2.75, 3.05) is 12.4 Å². The molecule has 1 N–H and O–H groups in total. The van der Waals surface area contributed by atoms with Gasteiger partial charge in [-0.05, 0) is 32.4 Å². The van der Waals surface area contributed by atoms with Crippen molar-refractivity contribution < 1.29 is 14.3 Å². The molecule has 0 spiro atoms. The predicted octanol–water partition coefficient (Wildman–Crippen LogP) is 3.11. The number of thiazole rings is 1. The number of esters is 1. The summed E-state index contributed by atoms with van der Waals surface area (Å²) in [4.78, 5) is 28.4. The highest BCUT2D eigenvalue weighted by atomic mass is 32.1. The number of methoxy groups -OCH3 is 1. The molecule has 0 unspecified atom stereocenters. The van der Waals surface area contributed by atoms with Gasteiger partial charge in [0, 0.05) is 5.56 Å². The number of anilines is 1. The van der Waals surface area contributed by atoms with Crippen LogP contribution >= 0.6 is 11.3 Å². The Kier molecular flexibility index (Phi) is 4.37. The fourth-order valence-electron chi connectivity index (χ4n) is 1.96. The molecule has 110 valence electrons. The molecule has 0 aliphatic rings. The van der Waals surface area contributed by atoms with Gasteiger partial charge in [0.25, 0.3) is 5.91 Å². The maximum Gasteiger partial charge on any atom is 0.350 e. The number of nitrogens with zero attached hydrogens (tertiary/aromatic N) is 1. The summed E-state index contributed by atoms with van der Waals surface area (Å²) in [6.07, 6.45) is 0. The van der Waals surface area contributed by atoms with Gasteiger partial charge in [0.05, 0.1) is 12.8 Å². The molecule has 2 rings (SSSR count). The molecule has 1 aromatic heterocycles. The number of benzene rings is 1. The van der Waals surface area contributed by atoms with Gasteiger partial charge in [-0.1, -0.05) is 29.0 Å². The molecule has 1 aromatic carbocycles. The molecule has 2 aromatic rings. The van der Waals surface area contributed by atoms with E-state index in [1.165, 1.54) is 7.11 Å². The molecule has 21 heavy (non-hydrogen) atoms. The number of hydrogen-bond acceptors (Lipinski definition) is 5. The van der Waals surface area contributed by atoms with Gasteiger partial charge in [-0.15, -0.1) is 0 Å². The molecule has 0 radical (unpaired) electrons. The number of ether oxygens (including phenoxy) is 1. The van der Waals surface area contributed by atoms with E-state index in [1.54, 1.807) is 13.0 Å². The van der Waals surface area contributed by atoms with Crippen LogP contribution in [0.15, 0.2) is 18.2 Å². The standard InChI is InChI=1S/C15H16N2O3S/c1-8-5-6-11(9(2)7-8)13(18)17-15-16-10(3)12(21-15)14(19)20-4/h5-7H,1-4H3,(H,16,17,18). The van der Waals surface area contributed by atoms with Crippen molar-refractivity contribution in [1.82, 2.24) is 4.98 Å². The second-order valence-electron chi connectivity index (χ2n) is 4.70. The molecule has 1 amide bonds. The number of carbonyl (C=O) groups excluding carboxylic acids is 2. The Morgan fingerprint density at radius 2 is 1.95 bits per heavy atom. The van der Waals surface area contributed by atoms with Gasteiger partial charge in [-0.2, -0.15) is 0 Å². The third kappa shape index (κ3) is 3.28. The number of amides is 1. The molecule has 6 heteroatoms. The van der Waals surface area contributed by atoms with Crippen LogP contribution in [0.1, 0.15) is 36.9 Å². The second-order valence-corrected chi connectivity index (χ2v) is 5.70. The highest BCUT2D eigenvalue weighted by Crippen LogP contribution is 2.24. The average molecular weight is 304 g/mol. The van der Waals surface area contributed by atoms with Crippen LogP contribution in [-0.2, 0) is 4.74 Å². The molecule has 0 aliphatic carbocycles. The lowest BCUT2D eigenvalue weighted by Crippen LogP contribution is -2.13. The average Bonchev–Trinajstić information content (AvgIpc) is 2.78. The van der Waals surface area contributed by atoms with E-state index in [4.69, 9.17) is 0 Å². The zero-order valence-electron chi connectivity index (χ0n) is 12.3. The zero-order valence-corrected chi connectivity index (χ0v) is 13.1. The molecule has 0 saturated carbocycles. The summed E-state index contributed by atoms with van der Waals surface area (Å²) in [7, 11) is 1.31. The quantitative estimate of drug-likeness (QED) is 0.885. The first kappa shape index (κ1) is 15.2. The van der Waals surface area contributed by atoms with Crippen LogP contribution in [0.2, 0.25) is 0 Å². The van der Waals surface area contributed by atoms with Crippen LogP contribution < -0.4 is 5.32 Å². The minimum absolute atomic E-state index is 0.238. The lowest BCUT2D eigenvalue weighted by Gasteiger charge is -2.06. The fraction of sp³-hybridized carbons (Fsp3) is 0.267. The van der Waals surface area contributed by atoms with E-state index in [9.17, 15) is 9.59 Å². The van der Waals surface area contributed by atoms with Crippen LogP contribution in [0.3, 0.4) is 0 Å². The van der Waals surface area contributed by atoms with E-state index in [2.05, 4.69) is 15.0 Å². The molecule has 1 heterocycles. The van der Waals surface area contributed by atoms with E-state index in [0.29, 0.717) is 21.3 Å². The van der Waals surface area contributed by atoms with E-state index >= 15 is 0 Å². The van der Waals surface area contributed by atoms with Crippen molar-refractivity contribution in [2.45, 2.75) is 20.8 Å². The lowest BCUT2D eigenvalue weighted by molar-refractivity contribution is 0.0605. The number of rotatable bonds is 3. The molecule has 0 atom stereocenters. The highest BCUT2D eigenvalue weighted by molar-refractivity contribution is 7.17. The molecule has 0 fully saturated rings. The minimum atomic E-state index is -0.447. The summed E-state index contributed by atoms with van der Waals surface area (Å²) >= 11 is 1.11. The van der Waals surface area contributed by atoms with Crippen LogP contribution in [0.4, 0.5) is 5.13 Å². The molecular weight excluding hydrogens is 288 g/mol. The minimum Gasteiger partial charge on any atom is -0.465 e. The Labute approximate surface area is 127 Å². The number of nitrogens with one attached hydrogen (secondary N) is 1. The van der Waals surface area contributed by atoms with E-state index in [1.807, 2.05) is 26.0 Å². The fourth-order valence-corrected chi connectivity index (χ4v) is 2.84. The topological polar surface area (TPSA) is 68.3 Å². The number of aryl methyl sites for hydroxylation is 3. The smallest absolute Gasteiger partial charge is 0.350 e. The summed E-state index contributed by atoms with van der Waals surface area (Å²) < 4.78 is 4.67. The van der Waals surface area contributed by atoms with E-state index in [0.717, 1.165) is 22.5 Å². The summed E-state index contributed by atoms with van der Waals surface area (Å²) in [5.74, 6) is -0.685. The molecule has 5 nitrogen and oxygen atoms in total. The third-order valence-corrected chi connectivity index (χ3v) is 4.07. The van der Waals surface area contributed by atoms with Crippen LogP contribution in [0, 0.1) is 20.8 Å². The van der Waals surface area contributed by atoms with E-state index < -0.39 is 5.97 Å². The van der Waals surface area contributed by atoms with Gasteiger partial charge in [0.1, 0.15) is 4.88 Å². The molecular formula is C15H16N2O3S. The van der Waals surface area contributed by atoms with Gasteiger partial charge < -0.3 is 4.74 Å². The Bertz CT molecular complexity index is 707. The lowest BCUT2D eigenvalue weighted by atomic mass is 10.1. The monoisotopic (exact) mass is 304 g/mol. The Hall–Kier alpha value is -2.21. The van der Waals surface area contributed by atoms with Crippen LogP contribution in [0.25, 0.3) is 0 Å². The second kappa shape index (κ2) is 6.05. The number of aromatic nitrogens is 1. The van der Waals surface area contributed by atoms with Gasteiger partial charge in [-0.25, -0.2) is 9.78 Å². The van der Waals surface area contributed by atoms with Crippen molar-refractivity contribution in [3.8, 4) is 0 Å². The van der Waals surface area contributed by atoms with Gasteiger partial charge in [0.15, 0.2) is 5.13 Å². The molecule has 0 saturated heterocycles. The van der Waals surface area contributed by atoms with E-state index in [-0.39, 0.29) is 5.91 Å². The first-order valence-electron chi connectivity index (χ1n) is 6.36. The van der Waals surface area contributed by atoms with Crippen LogP contribution in [-0.4, -0.2) is 24.0 Å². The normalized spacial score (nSPS) is 10.3. The number of carbonyl (C=O) groups is 2. The first-order chi connectivity index (χ1) is 9.92. The van der Waals surface area contributed by atoms with Gasteiger partial charge >= 0.3 is 5.97 Å². The maximum absolute atomic E-state index is 12.2. The van der Waals surface area contributed by atoms with Crippen molar-refractivity contribution in [3.63, 3.8) is 0 Å². The zero-order chi connectivity index (χ0) is 15.6.